The van der Waals surface area contributed by atoms with Gasteiger partial charge in [-0.1, -0.05) is 0 Å². The normalized spacial score (nSPS) is 14.2. The molecule has 0 saturated heterocycles. The molecule has 1 aliphatic heterocycles. The van der Waals surface area contributed by atoms with Gasteiger partial charge in [-0.05, 0) is 35.0 Å². The molecule has 0 aliphatic carbocycles. The Morgan fingerprint density at radius 3 is 2.88 bits per heavy atom. The van der Waals surface area contributed by atoms with Crippen molar-refractivity contribution in [3.8, 4) is 11.5 Å². The Kier molecular flexibility index (Phi) is 3.89. The molecule has 0 fully saturated rings. The Labute approximate surface area is 109 Å². The minimum atomic E-state index is 0.603. The maximum Gasteiger partial charge on any atom is 0.174 e. The second kappa shape index (κ2) is 5.40. The summed E-state index contributed by atoms with van der Waals surface area (Å²) in [5.74, 6) is 2.36. The van der Waals surface area contributed by atoms with Crippen molar-refractivity contribution in [3.63, 3.8) is 0 Å². The maximum atomic E-state index is 5.57. The average molecular weight is 299 g/mol. The molecule has 0 saturated carbocycles. The predicted molar refractivity (Wildman–Crippen MR) is 71.3 cm³/mol. The Hall–Kier alpha value is -1.23. The van der Waals surface area contributed by atoms with Gasteiger partial charge in [-0.25, -0.2) is 0 Å². The minimum absolute atomic E-state index is 0.603. The summed E-state index contributed by atoms with van der Waals surface area (Å²) in [4.78, 5) is 4.39. The SMILES string of the molecule is CCOc1cc(C2=NCCN2)cc(Br)c1OC. The van der Waals surface area contributed by atoms with Crippen LogP contribution in [0.2, 0.25) is 0 Å². The van der Waals surface area contributed by atoms with Crippen LogP contribution in [0.3, 0.4) is 0 Å². The van der Waals surface area contributed by atoms with E-state index in [1.807, 2.05) is 19.1 Å². The summed E-state index contributed by atoms with van der Waals surface area (Å²) < 4.78 is 11.8. The number of benzene rings is 1. The van der Waals surface area contributed by atoms with Gasteiger partial charge in [-0.3, -0.25) is 4.99 Å². The average Bonchev–Trinajstić information content (AvgIpc) is 2.82. The Balaban J connectivity index is 2.41. The molecule has 4 nitrogen and oxygen atoms in total. The molecule has 0 amide bonds. The smallest absolute Gasteiger partial charge is 0.174 e. The zero-order valence-corrected chi connectivity index (χ0v) is 11.5. The summed E-state index contributed by atoms with van der Waals surface area (Å²) in [6.45, 7) is 4.27. The number of rotatable bonds is 4. The zero-order valence-electron chi connectivity index (χ0n) is 9.92. The molecular weight excluding hydrogens is 284 g/mol. The molecule has 0 unspecified atom stereocenters. The van der Waals surface area contributed by atoms with Crippen LogP contribution in [0.25, 0.3) is 0 Å². The molecule has 0 bridgehead atoms. The first kappa shape index (κ1) is 12.2. The molecule has 1 aliphatic rings. The van der Waals surface area contributed by atoms with Crippen LogP contribution in [0.5, 0.6) is 11.5 Å². The quantitative estimate of drug-likeness (QED) is 0.927. The van der Waals surface area contributed by atoms with E-state index in [1.54, 1.807) is 7.11 Å². The lowest BCUT2D eigenvalue weighted by atomic mass is 10.2. The first-order chi connectivity index (χ1) is 8.26. The number of amidine groups is 1. The van der Waals surface area contributed by atoms with Crippen LogP contribution in [0.15, 0.2) is 21.6 Å². The van der Waals surface area contributed by atoms with Crippen molar-refractivity contribution in [2.24, 2.45) is 4.99 Å². The van der Waals surface area contributed by atoms with E-state index in [0.717, 1.165) is 34.7 Å². The van der Waals surface area contributed by atoms with Crippen molar-refractivity contribution in [2.75, 3.05) is 26.8 Å². The molecule has 2 rings (SSSR count). The van der Waals surface area contributed by atoms with Gasteiger partial charge in [0.2, 0.25) is 0 Å². The fourth-order valence-corrected chi connectivity index (χ4v) is 2.36. The van der Waals surface area contributed by atoms with E-state index in [0.29, 0.717) is 12.4 Å². The van der Waals surface area contributed by atoms with Crippen molar-refractivity contribution in [3.05, 3.63) is 22.2 Å². The standard InChI is InChI=1S/C12H15BrN2O2/c1-3-17-10-7-8(12-14-4-5-15-12)6-9(13)11(10)16-2/h6-7H,3-5H2,1-2H3,(H,14,15). The van der Waals surface area contributed by atoms with Gasteiger partial charge in [0.05, 0.1) is 24.7 Å². The molecule has 17 heavy (non-hydrogen) atoms. The molecule has 1 heterocycles. The lowest BCUT2D eigenvalue weighted by Gasteiger charge is -2.13. The van der Waals surface area contributed by atoms with Crippen molar-refractivity contribution in [2.45, 2.75) is 6.92 Å². The van der Waals surface area contributed by atoms with Crippen molar-refractivity contribution < 1.29 is 9.47 Å². The lowest BCUT2D eigenvalue weighted by Crippen LogP contribution is -2.19. The van der Waals surface area contributed by atoms with Gasteiger partial charge >= 0.3 is 0 Å². The van der Waals surface area contributed by atoms with Gasteiger partial charge in [-0.15, -0.1) is 0 Å². The van der Waals surface area contributed by atoms with Gasteiger partial charge in [0, 0.05) is 12.1 Å². The van der Waals surface area contributed by atoms with E-state index in [-0.39, 0.29) is 0 Å². The summed E-state index contributed by atoms with van der Waals surface area (Å²) in [5.41, 5.74) is 1.01. The number of halogens is 1. The van der Waals surface area contributed by atoms with Crippen LogP contribution in [0, 0.1) is 0 Å². The third-order valence-electron chi connectivity index (χ3n) is 2.46. The summed E-state index contributed by atoms with van der Waals surface area (Å²) >= 11 is 3.49. The molecule has 1 aromatic carbocycles. The summed E-state index contributed by atoms with van der Waals surface area (Å²) in [5, 5.41) is 3.24. The van der Waals surface area contributed by atoms with Crippen LogP contribution in [-0.2, 0) is 0 Å². The fraction of sp³-hybridized carbons (Fsp3) is 0.417. The molecule has 0 spiro atoms. The van der Waals surface area contributed by atoms with E-state index in [1.165, 1.54) is 0 Å². The van der Waals surface area contributed by atoms with Crippen LogP contribution in [0.1, 0.15) is 12.5 Å². The number of nitrogens with one attached hydrogen (secondary N) is 1. The Morgan fingerprint density at radius 2 is 2.29 bits per heavy atom. The second-order valence-electron chi connectivity index (χ2n) is 3.58. The number of hydrogen-bond acceptors (Lipinski definition) is 4. The summed E-state index contributed by atoms with van der Waals surface area (Å²) in [7, 11) is 1.63. The van der Waals surface area contributed by atoms with E-state index < -0.39 is 0 Å². The number of aliphatic imine (C=N–C) groups is 1. The van der Waals surface area contributed by atoms with Gasteiger partial charge in [-0.2, -0.15) is 0 Å². The van der Waals surface area contributed by atoms with E-state index in [2.05, 4.69) is 26.2 Å². The van der Waals surface area contributed by atoms with Crippen LogP contribution in [0.4, 0.5) is 0 Å². The summed E-state index contributed by atoms with van der Waals surface area (Å²) in [6.07, 6.45) is 0. The first-order valence-electron chi connectivity index (χ1n) is 5.55. The maximum absolute atomic E-state index is 5.57. The Bertz CT molecular complexity index is 446. The molecule has 1 aromatic rings. The molecule has 0 radical (unpaired) electrons. The highest BCUT2D eigenvalue weighted by Gasteiger charge is 2.15. The van der Waals surface area contributed by atoms with Crippen LogP contribution in [-0.4, -0.2) is 32.6 Å². The monoisotopic (exact) mass is 298 g/mol. The second-order valence-corrected chi connectivity index (χ2v) is 4.43. The van der Waals surface area contributed by atoms with Gasteiger partial charge < -0.3 is 14.8 Å². The largest absolute Gasteiger partial charge is 0.492 e. The number of hydrogen-bond donors (Lipinski definition) is 1. The highest BCUT2D eigenvalue weighted by atomic mass is 79.9. The minimum Gasteiger partial charge on any atom is -0.492 e. The van der Waals surface area contributed by atoms with Gasteiger partial charge in [0.15, 0.2) is 11.5 Å². The molecular formula is C12H15BrN2O2. The molecule has 5 heteroatoms. The van der Waals surface area contributed by atoms with Crippen molar-refractivity contribution in [1.82, 2.24) is 5.32 Å². The Morgan fingerprint density at radius 1 is 1.47 bits per heavy atom. The topological polar surface area (TPSA) is 42.8 Å². The van der Waals surface area contributed by atoms with Crippen LogP contribution < -0.4 is 14.8 Å². The van der Waals surface area contributed by atoms with Crippen molar-refractivity contribution >= 4 is 21.8 Å². The highest BCUT2D eigenvalue weighted by Crippen LogP contribution is 2.36. The summed E-state index contributed by atoms with van der Waals surface area (Å²) in [6, 6.07) is 3.93. The third kappa shape index (κ3) is 2.54. The zero-order chi connectivity index (χ0) is 12.3. The number of methoxy groups -OCH3 is 1. The van der Waals surface area contributed by atoms with Crippen molar-refractivity contribution in [1.29, 1.82) is 0 Å². The predicted octanol–water partition coefficient (Wildman–Crippen LogP) is 2.21. The van der Waals surface area contributed by atoms with E-state index in [9.17, 15) is 0 Å². The molecule has 0 atom stereocenters. The highest BCUT2D eigenvalue weighted by molar-refractivity contribution is 9.10. The lowest BCUT2D eigenvalue weighted by molar-refractivity contribution is 0.310. The van der Waals surface area contributed by atoms with E-state index >= 15 is 0 Å². The molecule has 1 N–H and O–H groups in total. The van der Waals surface area contributed by atoms with Crippen LogP contribution >= 0.6 is 15.9 Å². The first-order valence-corrected chi connectivity index (χ1v) is 6.34. The number of nitrogens with zero attached hydrogens (tertiary/aromatic N) is 1. The molecule has 92 valence electrons. The van der Waals surface area contributed by atoms with Gasteiger partial charge in [0.1, 0.15) is 5.84 Å². The van der Waals surface area contributed by atoms with E-state index in [4.69, 9.17) is 9.47 Å². The van der Waals surface area contributed by atoms with Gasteiger partial charge in [0.25, 0.3) is 0 Å². The molecule has 0 aromatic heterocycles. The fourth-order valence-electron chi connectivity index (χ4n) is 1.76. The number of ether oxygens (including phenoxy) is 2. The third-order valence-corrected chi connectivity index (χ3v) is 3.05.